The zero-order valence-electron chi connectivity index (χ0n) is 15.5. The number of aliphatic hydroxyl groups is 2. The number of rotatable bonds is 7. The quantitative estimate of drug-likeness (QED) is 0.655. The van der Waals surface area contributed by atoms with Crippen LogP contribution in [0.2, 0.25) is 0 Å². The number of anilines is 1. The minimum absolute atomic E-state index is 0.292. The topological polar surface area (TPSA) is 123 Å². The molecule has 144 valence electrons. The van der Waals surface area contributed by atoms with Gasteiger partial charge in [0.1, 0.15) is 30.6 Å². The summed E-state index contributed by atoms with van der Waals surface area (Å²) in [6.07, 6.45) is 0.543. The number of unbranched alkanes of at least 4 members (excludes halogenated alkanes) is 1. The van der Waals surface area contributed by atoms with Crippen molar-refractivity contribution in [2.45, 2.75) is 64.7 Å². The minimum Gasteiger partial charge on any atom is -0.386 e. The lowest BCUT2D eigenvalue weighted by atomic mass is 10.1. The van der Waals surface area contributed by atoms with Crippen LogP contribution in [0, 0.1) is 0 Å². The summed E-state index contributed by atoms with van der Waals surface area (Å²) in [5.41, 5.74) is 6.97. The number of aromatic nitrogens is 4. The predicted octanol–water partition coefficient (Wildman–Crippen LogP) is 0.670. The second-order valence-corrected chi connectivity index (χ2v) is 6.55. The van der Waals surface area contributed by atoms with Crippen molar-refractivity contribution >= 4 is 17.0 Å². The first kappa shape index (κ1) is 19.0. The van der Waals surface area contributed by atoms with Crippen molar-refractivity contribution in [3.63, 3.8) is 0 Å². The lowest BCUT2D eigenvalue weighted by Crippen LogP contribution is -2.43. The van der Waals surface area contributed by atoms with Gasteiger partial charge in [-0.2, -0.15) is 0 Å². The van der Waals surface area contributed by atoms with E-state index in [1.807, 2.05) is 18.7 Å². The lowest BCUT2D eigenvalue weighted by Gasteiger charge is -2.27. The molecule has 0 spiro atoms. The number of hydrogen-bond acceptors (Lipinski definition) is 8. The predicted molar refractivity (Wildman–Crippen MR) is 97.2 cm³/mol. The third-order valence-electron chi connectivity index (χ3n) is 4.97. The van der Waals surface area contributed by atoms with Gasteiger partial charge in [0.25, 0.3) is 0 Å². The van der Waals surface area contributed by atoms with Crippen LogP contribution in [-0.2, 0) is 11.2 Å². The number of nitrogens with zero attached hydrogens (tertiary/aromatic N) is 5. The van der Waals surface area contributed by atoms with Gasteiger partial charge < -0.3 is 20.7 Å². The fourth-order valence-electron chi connectivity index (χ4n) is 3.49. The highest BCUT2D eigenvalue weighted by molar-refractivity contribution is 5.81. The van der Waals surface area contributed by atoms with Crippen LogP contribution in [0.25, 0.3) is 11.2 Å². The molecule has 4 N–H and O–H groups in total. The van der Waals surface area contributed by atoms with Gasteiger partial charge in [0, 0.05) is 6.42 Å². The molecule has 9 nitrogen and oxygen atoms in total. The first-order chi connectivity index (χ1) is 12.5. The molecule has 1 aliphatic heterocycles. The Hall–Kier alpha value is -1.81. The largest absolute Gasteiger partial charge is 0.386 e. The molecule has 0 amide bonds. The summed E-state index contributed by atoms with van der Waals surface area (Å²) in [5, 5.41) is 21.2. The molecule has 1 saturated heterocycles. The normalized spacial score (nSPS) is 26.2. The standard InChI is InChI=1S/C17H28N6O3/c1-4-7-8-10-21-11-14(18)19-9-20-15(11)23(10)17-13(25)12(24)16(26-17)22(5-2)6-3/h9,12-13,16-17,24-25H,4-8H2,1-3H3,(H2,18,19,20). The van der Waals surface area contributed by atoms with Crippen molar-refractivity contribution in [3.8, 4) is 0 Å². The van der Waals surface area contributed by atoms with Crippen molar-refractivity contribution in [2.75, 3.05) is 18.8 Å². The van der Waals surface area contributed by atoms with Gasteiger partial charge in [-0.1, -0.05) is 27.2 Å². The SMILES string of the molecule is CCCCc1nc2c(N)ncnc2n1C1OC(N(CC)CC)C(O)C1O. The smallest absolute Gasteiger partial charge is 0.167 e. The molecule has 2 aromatic heterocycles. The van der Waals surface area contributed by atoms with E-state index in [-0.39, 0.29) is 0 Å². The van der Waals surface area contributed by atoms with Gasteiger partial charge in [-0.25, -0.2) is 15.0 Å². The molecule has 0 saturated carbocycles. The molecule has 0 radical (unpaired) electrons. The molecule has 1 fully saturated rings. The van der Waals surface area contributed by atoms with Crippen LogP contribution in [0.3, 0.4) is 0 Å². The van der Waals surface area contributed by atoms with Crippen LogP contribution in [-0.4, -0.2) is 66.2 Å². The van der Waals surface area contributed by atoms with Gasteiger partial charge in [-0.3, -0.25) is 9.47 Å². The van der Waals surface area contributed by atoms with E-state index in [9.17, 15) is 10.2 Å². The molecule has 4 unspecified atom stereocenters. The van der Waals surface area contributed by atoms with Gasteiger partial charge in [0.15, 0.2) is 23.2 Å². The Morgan fingerprint density at radius 1 is 1.19 bits per heavy atom. The van der Waals surface area contributed by atoms with E-state index < -0.39 is 24.7 Å². The van der Waals surface area contributed by atoms with Crippen molar-refractivity contribution in [2.24, 2.45) is 0 Å². The van der Waals surface area contributed by atoms with Crippen molar-refractivity contribution < 1.29 is 14.9 Å². The molecule has 0 aromatic carbocycles. The number of nitrogen functional groups attached to an aromatic ring is 1. The van der Waals surface area contributed by atoms with Gasteiger partial charge in [0.05, 0.1) is 0 Å². The second kappa shape index (κ2) is 7.83. The summed E-state index contributed by atoms with van der Waals surface area (Å²) in [7, 11) is 0. The van der Waals surface area contributed by atoms with Crippen molar-refractivity contribution in [1.29, 1.82) is 0 Å². The Kier molecular flexibility index (Phi) is 5.71. The third-order valence-corrected chi connectivity index (χ3v) is 4.97. The Balaban J connectivity index is 2.04. The average molecular weight is 364 g/mol. The van der Waals surface area contributed by atoms with E-state index in [0.717, 1.165) is 18.7 Å². The Morgan fingerprint density at radius 3 is 2.58 bits per heavy atom. The van der Waals surface area contributed by atoms with E-state index in [2.05, 4.69) is 21.9 Å². The summed E-state index contributed by atoms with van der Waals surface area (Å²) in [6.45, 7) is 7.50. The van der Waals surface area contributed by atoms with Crippen LogP contribution in [0.1, 0.15) is 45.7 Å². The fraction of sp³-hybridized carbons (Fsp3) is 0.706. The Bertz CT molecular complexity index is 747. The molecular formula is C17H28N6O3. The lowest BCUT2D eigenvalue weighted by molar-refractivity contribution is -0.103. The summed E-state index contributed by atoms with van der Waals surface area (Å²) in [6, 6.07) is 0. The second-order valence-electron chi connectivity index (χ2n) is 6.55. The van der Waals surface area contributed by atoms with Crippen LogP contribution >= 0.6 is 0 Å². The molecule has 1 aliphatic rings. The maximum atomic E-state index is 10.7. The molecule has 4 atom stereocenters. The van der Waals surface area contributed by atoms with E-state index in [1.54, 1.807) is 4.57 Å². The summed E-state index contributed by atoms with van der Waals surface area (Å²) < 4.78 is 7.85. The highest BCUT2D eigenvalue weighted by Gasteiger charge is 2.47. The number of likely N-dealkylation sites (N-methyl/N-ethyl adjacent to an activating group) is 1. The highest BCUT2D eigenvalue weighted by Crippen LogP contribution is 2.35. The number of aryl methyl sites for hydroxylation is 1. The Labute approximate surface area is 152 Å². The van der Waals surface area contributed by atoms with Crippen molar-refractivity contribution in [3.05, 3.63) is 12.2 Å². The molecule has 26 heavy (non-hydrogen) atoms. The number of nitrogens with two attached hydrogens (primary N) is 1. The van der Waals surface area contributed by atoms with E-state index >= 15 is 0 Å². The number of aliphatic hydroxyl groups excluding tert-OH is 2. The zero-order valence-corrected chi connectivity index (χ0v) is 15.5. The maximum absolute atomic E-state index is 10.7. The van der Waals surface area contributed by atoms with Crippen LogP contribution in [0.5, 0.6) is 0 Å². The van der Waals surface area contributed by atoms with Gasteiger partial charge in [0.2, 0.25) is 0 Å². The molecule has 9 heteroatoms. The van der Waals surface area contributed by atoms with E-state index in [1.165, 1.54) is 6.33 Å². The number of hydrogen-bond donors (Lipinski definition) is 3. The third kappa shape index (κ3) is 3.16. The highest BCUT2D eigenvalue weighted by atomic mass is 16.6. The van der Waals surface area contributed by atoms with Crippen LogP contribution in [0.4, 0.5) is 5.82 Å². The summed E-state index contributed by atoms with van der Waals surface area (Å²) in [5.74, 6) is 1.02. The van der Waals surface area contributed by atoms with Crippen LogP contribution in [0.15, 0.2) is 6.33 Å². The molecule has 2 aromatic rings. The van der Waals surface area contributed by atoms with Gasteiger partial charge in [-0.15, -0.1) is 0 Å². The molecule has 3 rings (SSSR count). The number of ether oxygens (including phenoxy) is 1. The average Bonchev–Trinajstić information content (AvgIpc) is 3.14. The van der Waals surface area contributed by atoms with E-state index in [0.29, 0.717) is 36.5 Å². The van der Waals surface area contributed by atoms with Crippen molar-refractivity contribution in [1.82, 2.24) is 24.4 Å². The molecular weight excluding hydrogens is 336 g/mol. The summed E-state index contributed by atoms with van der Waals surface area (Å²) >= 11 is 0. The number of imidazole rings is 1. The minimum atomic E-state index is -1.09. The zero-order chi connectivity index (χ0) is 18.8. The molecule has 0 aliphatic carbocycles. The maximum Gasteiger partial charge on any atom is 0.167 e. The van der Waals surface area contributed by atoms with Gasteiger partial charge in [-0.05, 0) is 19.5 Å². The van der Waals surface area contributed by atoms with Crippen LogP contribution < -0.4 is 5.73 Å². The fourth-order valence-corrected chi connectivity index (χ4v) is 3.49. The first-order valence-electron chi connectivity index (χ1n) is 9.26. The monoisotopic (exact) mass is 364 g/mol. The van der Waals surface area contributed by atoms with Gasteiger partial charge >= 0.3 is 0 Å². The Morgan fingerprint density at radius 2 is 1.92 bits per heavy atom. The first-order valence-corrected chi connectivity index (χ1v) is 9.26. The summed E-state index contributed by atoms with van der Waals surface area (Å²) in [4.78, 5) is 14.9. The molecule has 0 bridgehead atoms. The number of fused-ring (bicyclic) bond motifs is 1. The van der Waals surface area contributed by atoms with E-state index in [4.69, 9.17) is 10.5 Å². The molecule has 3 heterocycles.